The third-order valence-corrected chi connectivity index (χ3v) is 4.40. The summed E-state index contributed by atoms with van der Waals surface area (Å²) in [6.07, 6.45) is -0.524. The number of morpholine rings is 1. The van der Waals surface area contributed by atoms with Gasteiger partial charge in [0.2, 0.25) is 0 Å². The second kappa shape index (κ2) is 7.53. The molecule has 2 aromatic rings. The van der Waals surface area contributed by atoms with Crippen molar-refractivity contribution in [3.8, 4) is 0 Å². The van der Waals surface area contributed by atoms with E-state index in [0.717, 1.165) is 22.1 Å². The lowest BCUT2D eigenvalue weighted by molar-refractivity contribution is -0.200. The fourth-order valence-electron chi connectivity index (χ4n) is 2.68. The van der Waals surface area contributed by atoms with Crippen LogP contribution in [0.15, 0.2) is 53.0 Å². The summed E-state index contributed by atoms with van der Waals surface area (Å²) < 4.78 is 26.1. The molecule has 3 nitrogen and oxygen atoms in total. The highest BCUT2D eigenvalue weighted by molar-refractivity contribution is 9.10. The lowest BCUT2D eigenvalue weighted by atomic mass is 10.0. The van der Waals surface area contributed by atoms with Crippen molar-refractivity contribution in [2.75, 3.05) is 13.2 Å². The van der Waals surface area contributed by atoms with Gasteiger partial charge in [-0.2, -0.15) is 0 Å². The van der Waals surface area contributed by atoms with Gasteiger partial charge >= 0.3 is 0 Å². The van der Waals surface area contributed by atoms with Crippen molar-refractivity contribution in [3.05, 3.63) is 69.9 Å². The Morgan fingerprint density at radius 2 is 2.04 bits per heavy atom. The van der Waals surface area contributed by atoms with Crippen LogP contribution in [0.5, 0.6) is 0 Å². The Morgan fingerprint density at radius 3 is 2.78 bits per heavy atom. The summed E-state index contributed by atoms with van der Waals surface area (Å²) >= 11 is 3.48. The zero-order chi connectivity index (χ0) is 16.2. The SMILES string of the molecule is C[C@@H](O[C@H]1OCCN[C@H]1c1ccc(F)cc1)c1cccc(Br)c1. The smallest absolute Gasteiger partial charge is 0.177 e. The van der Waals surface area contributed by atoms with Crippen LogP contribution in [-0.2, 0) is 9.47 Å². The zero-order valence-electron chi connectivity index (χ0n) is 12.8. The van der Waals surface area contributed by atoms with Crippen LogP contribution < -0.4 is 5.32 Å². The zero-order valence-corrected chi connectivity index (χ0v) is 14.4. The van der Waals surface area contributed by atoms with E-state index in [-0.39, 0.29) is 18.0 Å². The van der Waals surface area contributed by atoms with E-state index in [2.05, 4.69) is 21.2 Å². The van der Waals surface area contributed by atoms with Crippen LogP contribution >= 0.6 is 15.9 Å². The van der Waals surface area contributed by atoms with E-state index in [9.17, 15) is 4.39 Å². The molecule has 1 saturated heterocycles. The van der Waals surface area contributed by atoms with E-state index in [0.29, 0.717) is 6.61 Å². The standard InChI is InChI=1S/C18H19BrFNO2/c1-12(14-3-2-4-15(19)11-14)23-18-17(21-9-10-22-18)13-5-7-16(20)8-6-13/h2-8,11-12,17-18,21H,9-10H2,1H3/t12-,17+,18-/m1/s1. The molecule has 1 heterocycles. The Morgan fingerprint density at radius 1 is 1.26 bits per heavy atom. The first-order valence-corrected chi connectivity index (χ1v) is 8.44. The molecule has 0 saturated carbocycles. The van der Waals surface area contributed by atoms with Crippen LogP contribution in [0.25, 0.3) is 0 Å². The molecule has 0 aliphatic carbocycles. The van der Waals surface area contributed by atoms with Gasteiger partial charge in [-0.1, -0.05) is 40.2 Å². The molecular weight excluding hydrogens is 361 g/mol. The number of halogens is 2. The molecule has 0 bridgehead atoms. The van der Waals surface area contributed by atoms with Crippen molar-refractivity contribution < 1.29 is 13.9 Å². The van der Waals surface area contributed by atoms with Gasteiger partial charge in [0.1, 0.15) is 5.82 Å². The average Bonchev–Trinajstić information content (AvgIpc) is 2.56. The second-order valence-corrected chi connectivity index (χ2v) is 6.47. The quantitative estimate of drug-likeness (QED) is 0.856. The largest absolute Gasteiger partial charge is 0.349 e. The molecule has 0 spiro atoms. The Kier molecular flexibility index (Phi) is 5.43. The highest BCUT2D eigenvalue weighted by Gasteiger charge is 2.29. The predicted molar refractivity (Wildman–Crippen MR) is 90.5 cm³/mol. The maximum atomic E-state index is 13.1. The van der Waals surface area contributed by atoms with Gasteiger partial charge in [0.25, 0.3) is 0 Å². The normalized spacial score (nSPS) is 22.7. The molecular formula is C18H19BrFNO2. The maximum absolute atomic E-state index is 13.1. The first kappa shape index (κ1) is 16.6. The van der Waals surface area contributed by atoms with Crippen molar-refractivity contribution in [1.82, 2.24) is 5.32 Å². The first-order valence-electron chi connectivity index (χ1n) is 7.65. The lowest BCUT2D eigenvalue weighted by Gasteiger charge is -2.34. The summed E-state index contributed by atoms with van der Waals surface area (Å²) in [5.41, 5.74) is 2.03. The fraction of sp³-hybridized carbons (Fsp3) is 0.333. The molecule has 5 heteroatoms. The molecule has 0 amide bonds. The Bertz CT molecular complexity index is 650. The first-order chi connectivity index (χ1) is 11.1. The van der Waals surface area contributed by atoms with Gasteiger partial charge in [-0.15, -0.1) is 0 Å². The molecule has 1 aliphatic heterocycles. The van der Waals surface area contributed by atoms with E-state index in [1.54, 1.807) is 12.1 Å². The van der Waals surface area contributed by atoms with Crippen LogP contribution in [-0.4, -0.2) is 19.4 Å². The Hall–Kier alpha value is -1.27. The number of hydrogen-bond donors (Lipinski definition) is 1. The van der Waals surface area contributed by atoms with Crippen molar-refractivity contribution in [1.29, 1.82) is 0 Å². The van der Waals surface area contributed by atoms with Gasteiger partial charge in [0.05, 0.1) is 18.8 Å². The molecule has 3 atom stereocenters. The van der Waals surface area contributed by atoms with Gasteiger partial charge in [-0.25, -0.2) is 4.39 Å². The van der Waals surface area contributed by atoms with Crippen molar-refractivity contribution in [3.63, 3.8) is 0 Å². The minimum absolute atomic E-state index is 0.111. The van der Waals surface area contributed by atoms with Gasteiger partial charge in [0, 0.05) is 11.0 Å². The summed E-state index contributed by atoms with van der Waals surface area (Å²) in [5.74, 6) is -0.245. The lowest BCUT2D eigenvalue weighted by Crippen LogP contribution is -2.43. The van der Waals surface area contributed by atoms with E-state index < -0.39 is 6.29 Å². The summed E-state index contributed by atoms with van der Waals surface area (Å²) in [4.78, 5) is 0. The minimum atomic E-state index is -0.414. The van der Waals surface area contributed by atoms with Gasteiger partial charge in [-0.3, -0.25) is 0 Å². The minimum Gasteiger partial charge on any atom is -0.349 e. The maximum Gasteiger partial charge on any atom is 0.177 e. The van der Waals surface area contributed by atoms with Gasteiger partial charge in [-0.05, 0) is 42.3 Å². The highest BCUT2D eigenvalue weighted by Crippen LogP contribution is 2.29. The van der Waals surface area contributed by atoms with Crippen LogP contribution in [0.2, 0.25) is 0 Å². The molecule has 3 rings (SSSR count). The Labute approximate surface area is 143 Å². The summed E-state index contributed by atoms with van der Waals surface area (Å²) in [7, 11) is 0. The average molecular weight is 380 g/mol. The third-order valence-electron chi connectivity index (χ3n) is 3.91. The van der Waals surface area contributed by atoms with E-state index in [4.69, 9.17) is 9.47 Å². The van der Waals surface area contributed by atoms with Crippen LogP contribution in [0.4, 0.5) is 4.39 Å². The van der Waals surface area contributed by atoms with Gasteiger partial charge < -0.3 is 14.8 Å². The van der Waals surface area contributed by atoms with Crippen molar-refractivity contribution >= 4 is 15.9 Å². The number of nitrogens with one attached hydrogen (secondary N) is 1. The number of benzene rings is 2. The van der Waals surface area contributed by atoms with Gasteiger partial charge in [0.15, 0.2) is 6.29 Å². The molecule has 1 N–H and O–H groups in total. The molecule has 0 unspecified atom stereocenters. The number of ether oxygens (including phenoxy) is 2. The molecule has 1 aliphatic rings. The summed E-state index contributed by atoms with van der Waals surface area (Å²) in [6.45, 7) is 3.34. The number of rotatable bonds is 4. The van der Waals surface area contributed by atoms with Crippen molar-refractivity contribution in [2.45, 2.75) is 25.4 Å². The Balaban J connectivity index is 1.75. The second-order valence-electron chi connectivity index (χ2n) is 5.56. The monoisotopic (exact) mass is 379 g/mol. The molecule has 122 valence electrons. The summed E-state index contributed by atoms with van der Waals surface area (Å²) in [5, 5.41) is 3.39. The van der Waals surface area contributed by atoms with Crippen LogP contribution in [0.3, 0.4) is 0 Å². The molecule has 23 heavy (non-hydrogen) atoms. The molecule has 1 fully saturated rings. The fourth-order valence-corrected chi connectivity index (χ4v) is 3.10. The van der Waals surface area contributed by atoms with E-state index in [1.807, 2.05) is 31.2 Å². The van der Waals surface area contributed by atoms with Crippen molar-refractivity contribution in [2.24, 2.45) is 0 Å². The third kappa shape index (κ3) is 4.18. The van der Waals surface area contributed by atoms with Crippen LogP contribution in [0, 0.1) is 5.82 Å². The molecule has 0 aromatic heterocycles. The molecule has 0 radical (unpaired) electrons. The molecule has 2 aromatic carbocycles. The predicted octanol–water partition coefficient (Wildman–Crippen LogP) is 4.35. The topological polar surface area (TPSA) is 30.5 Å². The highest BCUT2D eigenvalue weighted by atomic mass is 79.9. The summed E-state index contributed by atoms with van der Waals surface area (Å²) in [6, 6.07) is 14.4. The number of hydrogen-bond acceptors (Lipinski definition) is 3. The van der Waals surface area contributed by atoms with Crippen LogP contribution in [0.1, 0.15) is 30.2 Å². The van der Waals surface area contributed by atoms with E-state index in [1.165, 1.54) is 12.1 Å². The van der Waals surface area contributed by atoms with E-state index >= 15 is 0 Å².